The van der Waals surface area contributed by atoms with E-state index in [0.29, 0.717) is 30.6 Å². The summed E-state index contributed by atoms with van der Waals surface area (Å²) >= 11 is 0. The highest BCUT2D eigenvalue weighted by Crippen LogP contribution is 2.35. The van der Waals surface area contributed by atoms with Gasteiger partial charge in [0.1, 0.15) is 6.10 Å². The summed E-state index contributed by atoms with van der Waals surface area (Å²) in [7, 11) is 1.30. The lowest BCUT2D eigenvalue weighted by Gasteiger charge is -2.37. The average Bonchev–Trinajstić information content (AvgIpc) is 2.47. The second-order valence-electron chi connectivity index (χ2n) is 6.74. The molecule has 0 heterocycles. The number of methoxy groups -OCH3 is 1. The van der Waals surface area contributed by atoms with Gasteiger partial charge in [-0.3, -0.25) is 9.59 Å². The smallest absolute Gasteiger partial charge is 0.320 e. The minimum atomic E-state index is -0.840. The molecule has 0 N–H and O–H groups in total. The third-order valence-electron chi connectivity index (χ3n) is 4.66. The zero-order valence-electron chi connectivity index (χ0n) is 14.3. The number of hydrogen-bond donors (Lipinski definition) is 0. The van der Waals surface area contributed by atoms with Crippen molar-refractivity contribution in [1.29, 1.82) is 0 Å². The molecule has 0 spiro atoms. The summed E-state index contributed by atoms with van der Waals surface area (Å²) in [5.74, 6) is -0.409. The van der Waals surface area contributed by atoms with Crippen LogP contribution in [0.4, 0.5) is 0 Å². The van der Waals surface area contributed by atoms with Crippen LogP contribution in [-0.2, 0) is 19.1 Å². The van der Waals surface area contributed by atoms with E-state index in [4.69, 9.17) is 9.47 Å². The molecule has 1 fully saturated rings. The predicted molar refractivity (Wildman–Crippen MR) is 86.2 cm³/mol. The van der Waals surface area contributed by atoms with E-state index in [1.54, 1.807) is 6.08 Å². The standard InChI is InChI=1S/C18H30O4/c1-6-7-8-15(17(19)21-5)18(20)22-16-11-13(4)9-10-14(16)12(2)3/h6,12-16H,1,7-11H2,2-5H3. The summed E-state index contributed by atoms with van der Waals surface area (Å²) < 4.78 is 10.5. The van der Waals surface area contributed by atoms with Crippen LogP contribution in [-0.4, -0.2) is 25.2 Å². The fourth-order valence-corrected chi connectivity index (χ4v) is 3.24. The summed E-state index contributed by atoms with van der Waals surface area (Å²) in [6.45, 7) is 10.1. The van der Waals surface area contributed by atoms with Crippen molar-refractivity contribution in [3.05, 3.63) is 12.7 Å². The van der Waals surface area contributed by atoms with E-state index in [1.807, 2.05) is 0 Å². The van der Waals surface area contributed by atoms with Gasteiger partial charge < -0.3 is 9.47 Å². The normalized spacial score (nSPS) is 26.3. The lowest BCUT2D eigenvalue weighted by atomic mass is 9.75. The van der Waals surface area contributed by atoms with Gasteiger partial charge in [0.2, 0.25) is 0 Å². The van der Waals surface area contributed by atoms with Gasteiger partial charge in [0, 0.05) is 0 Å². The highest BCUT2D eigenvalue weighted by molar-refractivity contribution is 5.94. The number of rotatable bonds is 7. The molecular formula is C18H30O4. The molecule has 1 aliphatic carbocycles. The summed E-state index contributed by atoms with van der Waals surface area (Å²) in [6, 6.07) is 0. The van der Waals surface area contributed by atoms with Crippen LogP contribution < -0.4 is 0 Å². The molecule has 4 nitrogen and oxygen atoms in total. The molecule has 0 radical (unpaired) electrons. The molecule has 0 bridgehead atoms. The van der Waals surface area contributed by atoms with E-state index in [-0.39, 0.29) is 6.10 Å². The second-order valence-corrected chi connectivity index (χ2v) is 6.74. The Morgan fingerprint density at radius 2 is 1.95 bits per heavy atom. The molecule has 1 aliphatic rings. The Hall–Kier alpha value is -1.32. The van der Waals surface area contributed by atoms with Gasteiger partial charge in [0.15, 0.2) is 5.92 Å². The van der Waals surface area contributed by atoms with Gasteiger partial charge in [-0.05, 0) is 43.4 Å². The molecule has 4 unspecified atom stereocenters. The van der Waals surface area contributed by atoms with Gasteiger partial charge in [0.25, 0.3) is 0 Å². The topological polar surface area (TPSA) is 52.6 Å². The van der Waals surface area contributed by atoms with Crippen LogP contribution in [0.5, 0.6) is 0 Å². The molecule has 0 aliphatic heterocycles. The van der Waals surface area contributed by atoms with Gasteiger partial charge >= 0.3 is 11.9 Å². The monoisotopic (exact) mass is 310 g/mol. The fraction of sp³-hybridized carbons (Fsp3) is 0.778. The lowest BCUT2D eigenvalue weighted by molar-refractivity contribution is -0.169. The zero-order chi connectivity index (χ0) is 16.7. The van der Waals surface area contributed by atoms with Crippen molar-refractivity contribution in [3.63, 3.8) is 0 Å². The van der Waals surface area contributed by atoms with Crippen molar-refractivity contribution in [2.24, 2.45) is 23.7 Å². The van der Waals surface area contributed by atoms with Gasteiger partial charge in [-0.15, -0.1) is 6.58 Å². The maximum Gasteiger partial charge on any atom is 0.320 e. The molecular weight excluding hydrogens is 280 g/mol. The fourth-order valence-electron chi connectivity index (χ4n) is 3.24. The van der Waals surface area contributed by atoms with Gasteiger partial charge in [-0.25, -0.2) is 0 Å². The van der Waals surface area contributed by atoms with E-state index in [2.05, 4.69) is 27.4 Å². The molecule has 0 saturated heterocycles. The molecule has 0 aromatic heterocycles. The van der Waals surface area contributed by atoms with E-state index in [9.17, 15) is 9.59 Å². The van der Waals surface area contributed by atoms with Crippen molar-refractivity contribution in [1.82, 2.24) is 0 Å². The SMILES string of the molecule is C=CCCC(C(=O)OC)C(=O)OC1CC(C)CCC1C(C)C. The Morgan fingerprint density at radius 3 is 2.50 bits per heavy atom. The van der Waals surface area contributed by atoms with Gasteiger partial charge in [0.05, 0.1) is 7.11 Å². The lowest BCUT2D eigenvalue weighted by Crippen LogP contribution is -2.38. The minimum Gasteiger partial charge on any atom is -0.468 e. The molecule has 0 aromatic rings. The first-order chi connectivity index (χ1) is 10.4. The first-order valence-corrected chi connectivity index (χ1v) is 8.29. The molecule has 4 atom stereocenters. The molecule has 0 aromatic carbocycles. The van der Waals surface area contributed by atoms with E-state index >= 15 is 0 Å². The van der Waals surface area contributed by atoms with Crippen LogP contribution >= 0.6 is 0 Å². The first kappa shape index (κ1) is 18.7. The van der Waals surface area contributed by atoms with Crippen LogP contribution in [0.25, 0.3) is 0 Å². The number of carbonyl (C=O) groups is 2. The molecule has 0 amide bonds. The summed E-state index contributed by atoms with van der Waals surface area (Å²) in [6.07, 6.45) is 5.71. The maximum absolute atomic E-state index is 12.4. The molecule has 4 heteroatoms. The predicted octanol–water partition coefficient (Wildman–Crippen LogP) is 3.75. The molecule has 1 rings (SSSR count). The van der Waals surface area contributed by atoms with Crippen LogP contribution in [0.1, 0.15) is 52.9 Å². The second kappa shape index (κ2) is 8.96. The number of carbonyl (C=O) groups excluding carboxylic acids is 2. The van der Waals surface area contributed by atoms with Gasteiger partial charge in [-0.2, -0.15) is 0 Å². The minimum absolute atomic E-state index is 0.0906. The number of hydrogen-bond acceptors (Lipinski definition) is 4. The van der Waals surface area contributed by atoms with Crippen LogP contribution in [0.2, 0.25) is 0 Å². The van der Waals surface area contributed by atoms with Crippen LogP contribution in [0.15, 0.2) is 12.7 Å². The van der Waals surface area contributed by atoms with Crippen molar-refractivity contribution < 1.29 is 19.1 Å². The first-order valence-electron chi connectivity index (χ1n) is 8.29. The highest BCUT2D eigenvalue weighted by atomic mass is 16.6. The van der Waals surface area contributed by atoms with E-state index in [0.717, 1.165) is 12.8 Å². The van der Waals surface area contributed by atoms with Crippen molar-refractivity contribution in [3.8, 4) is 0 Å². The van der Waals surface area contributed by atoms with Crippen LogP contribution in [0, 0.1) is 23.7 Å². The Labute approximate surface area is 134 Å². The third kappa shape index (κ3) is 5.15. The van der Waals surface area contributed by atoms with Crippen molar-refractivity contribution in [2.45, 2.75) is 59.0 Å². The van der Waals surface area contributed by atoms with E-state index < -0.39 is 17.9 Å². The number of esters is 2. The molecule has 1 saturated carbocycles. The Bertz CT molecular complexity index is 389. The Balaban J connectivity index is 2.76. The summed E-state index contributed by atoms with van der Waals surface area (Å²) in [4.78, 5) is 24.3. The highest BCUT2D eigenvalue weighted by Gasteiger charge is 2.36. The zero-order valence-corrected chi connectivity index (χ0v) is 14.3. The quantitative estimate of drug-likeness (QED) is 0.408. The third-order valence-corrected chi connectivity index (χ3v) is 4.66. The number of allylic oxidation sites excluding steroid dienone is 1. The van der Waals surface area contributed by atoms with Crippen LogP contribution in [0.3, 0.4) is 0 Å². The summed E-state index contributed by atoms with van der Waals surface area (Å²) in [5, 5.41) is 0. The maximum atomic E-state index is 12.4. The molecule has 22 heavy (non-hydrogen) atoms. The van der Waals surface area contributed by atoms with Crippen molar-refractivity contribution >= 4 is 11.9 Å². The Morgan fingerprint density at radius 1 is 1.27 bits per heavy atom. The van der Waals surface area contributed by atoms with Crippen molar-refractivity contribution in [2.75, 3.05) is 7.11 Å². The summed E-state index contributed by atoms with van der Waals surface area (Å²) in [5.41, 5.74) is 0. The molecule has 126 valence electrons. The van der Waals surface area contributed by atoms with E-state index in [1.165, 1.54) is 13.5 Å². The largest absolute Gasteiger partial charge is 0.468 e. The number of ether oxygens (including phenoxy) is 2. The average molecular weight is 310 g/mol. The van der Waals surface area contributed by atoms with Gasteiger partial charge in [-0.1, -0.05) is 33.3 Å². The Kier molecular flexibility index (Phi) is 7.63.